The molecule has 4 heteroatoms. The minimum absolute atomic E-state index is 0.0290. The molecule has 0 fully saturated rings. The average Bonchev–Trinajstić information content (AvgIpc) is 1.82. The standard InChI is InChI=1S/C8H6BrIO2/c1-4(11)8-6(9)2-5(10)3-7(8)12/h2-3,12H,1H3. The summed E-state index contributed by atoms with van der Waals surface area (Å²) in [4.78, 5) is 11.0. The molecule has 0 atom stereocenters. The fourth-order valence-electron chi connectivity index (χ4n) is 0.909. The van der Waals surface area contributed by atoms with E-state index in [1.54, 1.807) is 12.1 Å². The van der Waals surface area contributed by atoms with Gasteiger partial charge in [-0.2, -0.15) is 0 Å². The van der Waals surface area contributed by atoms with Crippen molar-refractivity contribution in [1.29, 1.82) is 0 Å². The highest BCUT2D eigenvalue weighted by Crippen LogP contribution is 2.28. The zero-order valence-electron chi connectivity index (χ0n) is 6.27. The zero-order chi connectivity index (χ0) is 9.30. The predicted molar refractivity (Wildman–Crippen MR) is 58.5 cm³/mol. The Balaban J connectivity index is 3.38. The maximum Gasteiger partial charge on any atom is 0.164 e. The Morgan fingerprint density at radius 1 is 1.58 bits per heavy atom. The number of carbonyl (C=O) groups excluding carboxylic acids is 1. The fraction of sp³-hybridized carbons (Fsp3) is 0.125. The third-order valence-corrected chi connectivity index (χ3v) is 2.63. The molecule has 1 aromatic rings. The van der Waals surface area contributed by atoms with E-state index in [2.05, 4.69) is 38.5 Å². The second-order valence-corrected chi connectivity index (χ2v) is 4.44. The number of phenolic OH excluding ortho intramolecular Hbond substituents is 1. The van der Waals surface area contributed by atoms with Gasteiger partial charge < -0.3 is 5.11 Å². The van der Waals surface area contributed by atoms with Crippen LogP contribution < -0.4 is 0 Å². The first-order chi connectivity index (χ1) is 5.52. The summed E-state index contributed by atoms with van der Waals surface area (Å²) in [7, 11) is 0. The van der Waals surface area contributed by atoms with Crippen LogP contribution in [0.5, 0.6) is 5.75 Å². The predicted octanol–water partition coefficient (Wildman–Crippen LogP) is 2.96. The van der Waals surface area contributed by atoms with Crippen molar-refractivity contribution in [2.45, 2.75) is 6.92 Å². The number of carbonyl (C=O) groups is 1. The second kappa shape index (κ2) is 3.74. The van der Waals surface area contributed by atoms with Gasteiger partial charge in [-0.3, -0.25) is 4.79 Å². The first-order valence-corrected chi connectivity index (χ1v) is 5.08. The number of hydrogen-bond acceptors (Lipinski definition) is 2. The van der Waals surface area contributed by atoms with Crippen molar-refractivity contribution in [3.8, 4) is 5.75 Å². The van der Waals surface area contributed by atoms with Crippen LogP contribution in [0, 0.1) is 3.57 Å². The summed E-state index contributed by atoms with van der Waals surface area (Å²) in [6.07, 6.45) is 0. The van der Waals surface area contributed by atoms with E-state index in [-0.39, 0.29) is 11.5 Å². The molecule has 0 spiro atoms. The van der Waals surface area contributed by atoms with E-state index in [0.717, 1.165) is 3.57 Å². The molecule has 12 heavy (non-hydrogen) atoms. The summed E-state index contributed by atoms with van der Waals surface area (Å²) in [6.45, 7) is 1.42. The lowest BCUT2D eigenvalue weighted by Gasteiger charge is -2.03. The molecule has 0 amide bonds. The van der Waals surface area contributed by atoms with Crippen LogP contribution in [0.3, 0.4) is 0 Å². The number of halogens is 2. The largest absolute Gasteiger partial charge is 0.507 e. The van der Waals surface area contributed by atoms with Crippen molar-refractivity contribution < 1.29 is 9.90 Å². The molecule has 0 saturated heterocycles. The first-order valence-electron chi connectivity index (χ1n) is 3.21. The van der Waals surface area contributed by atoms with E-state index in [0.29, 0.717) is 10.0 Å². The van der Waals surface area contributed by atoms with Crippen molar-refractivity contribution in [3.05, 3.63) is 25.7 Å². The van der Waals surface area contributed by atoms with Gasteiger partial charge in [-0.25, -0.2) is 0 Å². The summed E-state index contributed by atoms with van der Waals surface area (Å²) in [5.41, 5.74) is 0.343. The highest BCUT2D eigenvalue weighted by atomic mass is 127. The van der Waals surface area contributed by atoms with Gasteiger partial charge in [0.25, 0.3) is 0 Å². The monoisotopic (exact) mass is 340 g/mol. The molecular formula is C8H6BrIO2. The first kappa shape index (κ1) is 9.98. The molecule has 0 heterocycles. The SMILES string of the molecule is CC(=O)c1c(O)cc(I)cc1Br. The van der Waals surface area contributed by atoms with E-state index in [4.69, 9.17) is 0 Å². The number of Topliss-reactive ketones (excluding diaryl/α,β-unsaturated/α-hetero) is 1. The average molecular weight is 341 g/mol. The summed E-state index contributed by atoms with van der Waals surface area (Å²) in [5.74, 6) is -0.114. The Kier molecular flexibility index (Phi) is 3.11. The van der Waals surface area contributed by atoms with E-state index in [9.17, 15) is 9.90 Å². The van der Waals surface area contributed by atoms with Crippen molar-refractivity contribution >= 4 is 44.3 Å². The molecular weight excluding hydrogens is 335 g/mol. The van der Waals surface area contributed by atoms with Gasteiger partial charge in [0.1, 0.15) is 5.75 Å². The minimum atomic E-state index is -0.143. The summed E-state index contributed by atoms with van der Waals surface area (Å²) in [6, 6.07) is 3.35. The molecule has 0 aliphatic carbocycles. The summed E-state index contributed by atoms with van der Waals surface area (Å²) < 4.78 is 1.53. The van der Waals surface area contributed by atoms with Crippen LogP contribution >= 0.6 is 38.5 Å². The van der Waals surface area contributed by atoms with Crippen LogP contribution in [0.1, 0.15) is 17.3 Å². The quantitative estimate of drug-likeness (QED) is 0.630. The van der Waals surface area contributed by atoms with Crippen molar-refractivity contribution in [3.63, 3.8) is 0 Å². The van der Waals surface area contributed by atoms with Crippen LogP contribution in [0.2, 0.25) is 0 Å². The number of aromatic hydroxyl groups is 1. The number of ketones is 1. The van der Waals surface area contributed by atoms with Gasteiger partial charge in [-0.05, 0) is 57.6 Å². The maximum absolute atomic E-state index is 11.0. The third kappa shape index (κ3) is 1.98. The van der Waals surface area contributed by atoms with Crippen LogP contribution in [0.15, 0.2) is 16.6 Å². The van der Waals surface area contributed by atoms with Crippen LogP contribution in [0.4, 0.5) is 0 Å². The van der Waals surface area contributed by atoms with Crippen LogP contribution in [-0.2, 0) is 0 Å². The lowest BCUT2D eigenvalue weighted by Crippen LogP contribution is -1.94. The second-order valence-electron chi connectivity index (χ2n) is 2.34. The summed E-state index contributed by atoms with van der Waals surface area (Å²) >= 11 is 5.28. The van der Waals surface area contributed by atoms with Gasteiger partial charge in [0.15, 0.2) is 5.78 Å². The van der Waals surface area contributed by atoms with Gasteiger partial charge >= 0.3 is 0 Å². The Morgan fingerprint density at radius 2 is 2.17 bits per heavy atom. The lowest BCUT2D eigenvalue weighted by atomic mass is 10.1. The van der Waals surface area contributed by atoms with Crippen molar-refractivity contribution in [1.82, 2.24) is 0 Å². The number of phenols is 1. The van der Waals surface area contributed by atoms with E-state index in [1.807, 2.05) is 0 Å². The molecule has 0 aliphatic heterocycles. The Labute approximate surface area is 92.2 Å². The van der Waals surface area contributed by atoms with Gasteiger partial charge in [-0.15, -0.1) is 0 Å². The van der Waals surface area contributed by atoms with Crippen molar-refractivity contribution in [2.24, 2.45) is 0 Å². The normalized spacial score (nSPS) is 9.92. The third-order valence-electron chi connectivity index (χ3n) is 1.39. The lowest BCUT2D eigenvalue weighted by molar-refractivity contribution is 0.101. The molecule has 0 saturated carbocycles. The molecule has 1 aromatic carbocycles. The molecule has 0 bridgehead atoms. The highest BCUT2D eigenvalue weighted by molar-refractivity contribution is 14.1. The maximum atomic E-state index is 11.0. The van der Waals surface area contributed by atoms with E-state index < -0.39 is 0 Å². The van der Waals surface area contributed by atoms with E-state index >= 15 is 0 Å². The summed E-state index contributed by atoms with van der Waals surface area (Å²) in [5, 5.41) is 9.39. The number of hydrogen-bond donors (Lipinski definition) is 1. The number of benzene rings is 1. The van der Waals surface area contributed by atoms with Crippen molar-refractivity contribution in [2.75, 3.05) is 0 Å². The topological polar surface area (TPSA) is 37.3 Å². The van der Waals surface area contributed by atoms with Crippen LogP contribution in [-0.4, -0.2) is 10.9 Å². The van der Waals surface area contributed by atoms with E-state index in [1.165, 1.54) is 6.92 Å². The van der Waals surface area contributed by atoms with Gasteiger partial charge in [-0.1, -0.05) is 0 Å². The van der Waals surface area contributed by atoms with Gasteiger partial charge in [0, 0.05) is 8.04 Å². The molecule has 1 N–H and O–H groups in total. The number of rotatable bonds is 1. The minimum Gasteiger partial charge on any atom is -0.507 e. The highest BCUT2D eigenvalue weighted by Gasteiger charge is 2.11. The molecule has 0 radical (unpaired) electrons. The smallest absolute Gasteiger partial charge is 0.164 e. The molecule has 2 nitrogen and oxygen atoms in total. The molecule has 0 aliphatic rings. The van der Waals surface area contributed by atoms with Gasteiger partial charge in [0.2, 0.25) is 0 Å². The molecule has 0 unspecified atom stereocenters. The molecule has 0 aromatic heterocycles. The molecule has 1 rings (SSSR count). The molecule has 64 valence electrons. The Bertz CT molecular complexity index is 313. The fourth-order valence-corrected chi connectivity index (χ4v) is 2.67. The Morgan fingerprint density at radius 3 is 2.58 bits per heavy atom. The van der Waals surface area contributed by atoms with Crippen LogP contribution in [0.25, 0.3) is 0 Å². The zero-order valence-corrected chi connectivity index (χ0v) is 10.0. The Hall–Kier alpha value is -0.100. The van der Waals surface area contributed by atoms with Gasteiger partial charge in [0.05, 0.1) is 5.56 Å².